The van der Waals surface area contributed by atoms with Crippen LogP contribution in [0.3, 0.4) is 0 Å². The molecule has 0 saturated heterocycles. The summed E-state index contributed by atoms with van der Waals surface area (Å²) in [6.07, 6.45) is 0.365. The first-order valence-corrected chi connectivity index (χ1v) is 11.7. The second-order valence-electron chi connectivity index (χ2n) is 10.1. The third-order valence-electron chi connectivity index (χ3n) is 6.02. The SMILES string of the molecule is CC(CC(=O)NC(CCC(C)(C)C)C(=O)O)NC(=O)OCC1c2ccccc2-c2ccccc21. The molecule has 0 saturated carbocycles. The van der Waals surface area contributed by atoms with Crippen molar-refractivity contribution in [3.05, 3.63) is 59.7 Å². The molecule has 2 atom stereocenters. The number of carbonyl (C=O) groups excluding carboxylic acids is 2. The lowest BCUT2D eigenvalue weighted by atomic mass is 9.88. The van der Waals surface area contributed by atoms with Gasteiger partial charge in [-0.25, -0.2) is 9.59 Å². The molecule has 0 bridgehead atoms. The van der Waals surface area contributed by atoms with Crippen molar-refractivity contribution in [2.75, 3.05) is 6.61 Å². The summed E-state index contributed by atoms with van der Waals surface area (Å²) in [5.41, 5.74) is 4.52. The summed E-state index contributed by atoms with van der Waals surface area (Å²) in [6.45, 7) is 7.94. The van der Waals surface area contributed by atoms with Crippen molar-refractivity contribution < 1.29 is 24.2 Å². The Kier molecular flexibility index (Phi) is 7.97. The van der Waals surface area contributed by atoms with Crippen LogP contribution < -0.4 is 10.6 Å². The molecule has 0 spiro atoms. The second-order valence-corrected chi connectivity index (χ2v) is 10.1. The van der Waals surface area contributed by atoms with E-state index in [2.05, 4.69) is 22.8 Å². The monoisotopic (exact) mass is 466 g/mol. The molecule has 2 unspecified atom stereocenters. The molecule has 2 aromatic rings. The summed E-state index contributed by atoms with van der Waals surface area (Å²) in [5.74, 6) is -1.53. The first-order chi connectivity index (χ1) is 16.0. The third kappa shape index (κ3) is 6.59. The zero-order valence-electron chi connectivity index (χ0n) is 20.3. The number of nitrogens with one attached hydrogen (secondary N) is 2. The highest BCUT2D eigenvalue weighted by Gasteiger charge is 2.29. The van der Waals surface area contributed by atoms with Crippen LogP contribution in [0.25, 0.3) is 11.1 Å². The van der Waals surface area contributed by atoms with Crippen molar-refractivity contribution in [1.29, 1.82) is 0 Å². The van der Waals surface area contributed by atoms with Crippen LogP contribution in [0.15, 0.2) is 48.5 Å². The van der Waals surface area contributed by atoms with Crippen molar-refractivity contribution >= 4 is 18.0 Å². The van der Waals surface area contributed by atoms with Gasteiger partial charge < -0.3 is 20.5 Å². The highest BCUT2D eigenvalue weighted by Crippen LogP contribution is 2.44. The van der Waals surface area contributed by atoms with Gasteiger partial charge in [-0.2, -0.15) is 0 Å². The van der Waals surface area contributed by atoms with E-state index in [-0.39, 0.29) is 24.4 Å². The van der Waals surface area contributed by atoms with Crippen LogP contribution in [0.4, 0.5) is 4.79 Å². The average Bonchev–Trinajstić information content (AvgIpc) is 3.08. The Morgan fingerprint density at radius 1 is 0.971 bits per heavy atom. The molecule has 0 radical (unpaired) electrons. The molecule has 1 aliphatic rings. The summed E-state index contributed by atoms with van der Waals surface area (Å²) in [6, 6.07) is 14.7. The predicted molar refractivity (Wildman–Crippen MR) is 131 cm³/mol. The Labute approximate surface area is 200 Å². The van der Waals surface area contributed by atoms with Gasteiger partial charge in [0.05, 0.1) is 0 Å². The van der Waals surface area contributed by atoms with Crippen molar-refractivity contribution in [2.24, 2.45) is 5.41 Å². The highest BCUT2D eigenvalue weighted by atomic mass is 16.5. The van der Waals surface area contributed by atoms with Crippen LogP contribution in [0.2, 0.25) is 0 Å². The molecule has 2 amide bonds. The maximum absolute atomic E-state index is 12.4. The number of benzene rings is 2. The van der Waals surface area contributed by atoms with Gasteiger partial charge in [-0.1, -0.05) is 69.3 Å². The zero-order valence-corrected chi connectivity index (χ0v) is 20.3. The molecule has 7 nitrogen and oxygen atoms in total. The van der Waals surface area contributed by atoms with E-state index < -0.39 is 30.1 Å². The Hall–Kier alpha value is -3.35. The number of ether oxygens (including phenoxy) is 1. The van der Waals surface area contributed by atoms with Crippen molar-refractivity contribution in [1.82, 2.24) is 10.6 Å². The number of carboxylic acids is 1. The van der Waals surface area contributed by atoms with E-state index >= 15 is 0 Å². The molecule has 182 valence electrons. The van der Waals surface area contributed by atoms with Crippen LogP contribution in [0.5, 0.6) is 0 Å². The Morgan fingerprint density at radius 3 is 2.06 bits per heavy atom. The largest absolute Gasteiger partial charge is 0.480 e. The summed E-state index contributed by atoms with van der Waals surface area (Å²) < 4.78 is 5.51. The normalized spacial score (nSPS) is 14.5. The molecule has 3 rings (SSSR count). The second kappa shape index (κ2) is 10.7. The number of rotatable bonds is 9. The number of carboxylic acid groups (broad SMARTS) is 1. The minimum absolute atomic E-state index is 0.0304. The number of hydrogen-bond donors (Lipinski definition) is 3. The molecule has 0 aliphatic heterocycles. The van der Waals surface area contributed by atoms with Gasteiger partial charge in [-0.15, -0.1) is 0 Å². The maximum Gasteiger partial charge on any atom is 0.407 e. The molecule has 1 aliphatic carbocycles. The molecule has 0 aromatic heterocycles. The van der Waals surface area contributed by atoms with Crippen molar-refractivity contribution in [3.63, 3.8) is 0 Å². The average molecular weight is 467 g/mol. The number of alkyl carbamates (subject to hydrolysis) is 1. The lowest BCUT2D eigenvalue weighted by Crippen LogP contribution is -2.44. The van der Waals surface area contributed by atoms with Gasteiger partial charge in [0.2, 0.25) is 5.91 Å². The predicted octanol–water partition coefficient (Wildman–Crippen LogP) is 4.70. The summed E-state index contributed by atoms with van der Waals surface area (Å²) in [5, 5.41) is 14.6. The van der Waals surface area contributed by atoms with Crippen LogP contribution in [-0.2, 0) is 14.3 Å². The van der Waals surface area contributed by atoms with Crippen LogP contribution in [0.1, 0.15) is 64.0 Å². The van der Waals surface area contributed by atoms with E-state index in [9.17, 15) is 19.5 Å². The molecular formula is C27H34N2O5. The fourth-order valence-corrected chi connectivity index (χ4v) is 4.26. The van der Waals surface area contributed by atoms with Gasteiger partial charge in [0.25, 0.3) is 0 Å². The van der Waals surface area contributed by atoms with Crippen LogP contribution in [0, 0.1) is 5.41 Å². The number of aliphatic carboxylic acids is 1. The number of hydrogen-bond acceptors (Lipinski definition) is 4. The molecule has 0 fully saturated rings. The van der Waals surface area contributed by atoms with Crippen molar-refractivity contribution in [2.45, 2.75) is 65.0 Å². The minimum atomic E-state index is -1.06. The first kappa shape index (κ1) is 25.3. The third-order valence-corrected chi connectivity index (χ3v) is 6.02. The van der Waals surface area contributed by atoms with Crippen LogP contribution in [-0.4, -0.2) is 41.8 Å². The van der Waals surface area contributed by atoms with Gasteiger partial charge in [0.1, 0.15) is 12.6 Å². The topological polar surface area (TPSA) is 105 Å². The van der Waals surface area contributed by atoms with E-state index in [1.807, 2.05) is 57.2 Å². The summed E-state index contributed by atoms with van der Waals surface area (Å²) >= 11 is 0. The van der Waals surface area contributed by atoms with Crippen molar-refractivity contribution in [3.8, 4) is 11.1 Å². The fraction of sp³-hybridized carbons (Fsp3) is 0.444. The Morgan fingerprint density at radius 2 is 1.53 bits per heavy atom. The van der Waals surface area contributed by atoms with Gasteiger partial charge in [0, 0.05) is 18.4 Å². The summed E-state index contributed by atoms with van der Waals surface area (Å²) in [4.78, 5) is 36.2. The molecule has 7 heteroatoms. The number of amides is 2. The Bertz CT molecular complexity index is 998. The van der Waals surface area contributed by atoms with E-state index in [0.29, 0.717) is 12.8 Å². The van der Waals surface area contributed by atoms with E-state index in [0.717, 1.165) is 22.3 Å². The van der Waals surface area contributed by atoms with Gasteiger partial charge in [-0.05, 0) is 47.4 Å². The van der Waals surface area contributed by atoms with Gasteiger partial charge in [0.15, 0.2) is 0 Å². The molecule has 2 aromatic carbocycles. The number of fused-ring (bicyclic) bond motifs is 3. The lowest BCUT2D eigenvalue weighted by Gasteiger charge is -2.22. The first-order valence-electron chi connectivity index (χ1n) is 11.7. The molecule has 0 heterocycles. The Balaban J connectivity index is 1.50. The number of carbonyl (C=O) groups is 3. The van der Waals surface area contributed by atoms with Crippen LogP contribution >= 0.6 is 0 Å². The summed E-state index contributed by atoms with van der Waals surface area (Å²) in [7, 11) is 0. The minimum Gasteiger partial charge on any atom is -0.480 e. The molecule has 34 heavy (non-hydrogen) atoms. The van der Waals surface area contributed by atoms with Gasteiger partial charge in [-0.3, -0.25) is 4.79 Å². The fourth-order valence-electron chi connectivity index (χ4n) is 4.26. The highest BCUT2D eigenvalue weighted by molar-refractivity contribution is 5.84. The van der Waals surface area contributed by atoms with E-state index in [4.69, 9.17) is 4.74 Å². The lowest BCUT2D eigenvalue weighted by molar-refractivity contribution is -0.142. The van der Waals surface area contributed by atoms with E-state index in [1.165, 1.54) is 0 Å². The van der Waals surface area contributed by atoms with Gasteiger partial charge >= 0.3 is 12.1 Å². The standard InChI is InChI=1S/C27H34N2O5/c1-17(15-24(30)29-23(25(31)32)13-14-27(2,3)4)28-26(33)34-16-22-20-11-7-5-9-18(20)19-10-6-8-12-21(19)22/h5-12,17,22-23H,13-16H2,1-4H3,(H,28,33)(H,29,30)(H,31,32). The molecular weight excluding hydrogens is 432 g/mol. The quantitative estimate of drug-likeness (QED) is 0.497. The molecule has 3 N–H and O–H groups in total. The smallest absolute Gasteiger partial charge is 0.407 e. The van der Waals surface area contributed by atoms with E-state index in [1.54, 1.807) is 6.92 Å². The maximum atomic E-state index is 12.4. The zero-order chi connectivity index (χ0) is 24.9.